The van der Waals surface area contributed by atoms with Crippen LogP contribution in [0.25, 0.3) is 0 Å². The Kier molecular flexibility index (Phi) is 7.02. The monoisotopic (exact) mass is 332 g/mol. The highest BCUT2D eigenvalue weighted by Crippen LogP contribution is 2.45. The van der Waals surface area contributed by atoms with Gasteiger partial charge < -0.3 is 20.4 Å². The third-order valence-corrected chi connectivity index (χ3v) is 6.57. The molecule has 2 atom stereocenters. The molecule has 0 bridgehead atoms. The highest BCUT2D eigenvalue weighted by molar-refractivity contribution is 8.00. The molecule has 2 rings (SSSR count). The van der Waals surface area contributed by atoms with Gasteiger partial charge in [-0.15, -0.1) is 0 Å². The standard InChI is InChI=1S/C17H32O4S/c18-16(19)12-8-4-1-2-6-10-14(16)15-11-7-3-5-9-13-22-17(15,20)21/h14-15,18-21H,1-13H2. The summed E-state index contributed by atoms with van der Waals surface area (Å²) < 4.78 is 0. The van der Waals surface area contributed by atoms with E-state index in [9.17, 15) is 20.4 Å². The first-order valence-electron chi connectivity index (χ1n) is 8.97. The highest BCUT2D eigenvalue weighted by Gasteiger charge is 2.48. The molecule has 0 aromatic carbocycles. The van der Waals surface area contributed by atoms with E-state index in [0.29, 0.717) is 19.3 Å². The fourth-order valence-corrected chi connectivity index (χ4v) is 5.17. The molecule has 0 radical (unpaired) electrons. The van der Waals surface area contributed by atoms with Crippen molar-refractivity contribution in [2.24, 2.45) is 11.8 Å². The van der Waals surface area contributed by atoms with Crippen LogP contribution in [0.4, 0.5) is 0 Å². The molecule has 1 heterocycles. The molecule has 0 amide bonds. The predicted molar refractivity (Wildman–Crippen MR) is 89.2 cm³/mol. The van der Waals surface area contributed by atoms with Crippen molar-refractivity contribution in [3.8, 4) is 0 Å². The van der Waals surface area contributed by atoms with Crippen molar-refractivity contribution >= 4 is 11.8 Å². The average Bonchev–Trinajstić information content (AvgIpc) is 2.57. The summed E-state index contributed by atoms with van der Waals surface area (Å²) >= 11 is 1.18. The number of hydrogen-bond donors (Lipinski definition) is 4. The molecule has 2 fully saturated rings. The minimum atomic E-state index is -1.85. The van der Waals surface area contributed by atoms with Crippen molar-refractivity contribution in [1.29, 1.82) is 0 Å². The van der Waals surface area contributed by atoms with Gasteiger partial charge >= 0.3 is 0 Å². The molecule has 22 heavy (non-hydrogen) atoms. The van der Waals surface area contributed by atoms with Gasteiger partial charge in [0.15, 0.2) is 5.79 Å². The Balaban J connectivity index is 2.19. The van der Waals surface area contributed by atoms with E-state index in [1.54, 1.807) is 0 Å². The molecule has 1 aliphatic carbocycles. The summed E-state index contributed by atoms with van der Waals surface area (Å²) in [5, 5.41) is 40.5. The molecular weight excluding hydrogens is 300 g/mol. The third kappa shape index (κ3) is 5.10. The van der Waals surface area contributed by atoms with Gasteiger partial charge in [-0.1, -0.05) is 56.7 Å². The van der Waals surface area contributed by atoms with Crippen molar-refractivity contribution in [2.75, 3.05) is 5.75 Å². The molecule has 2 aliphatic rings. The van der Waals surface area contributed by atoms with Gasteiger partial charge in [-0.05, 0) is 31.4 Å². The average molecular weight is 333 g/mol. The van der Waals surface area contributed by atoms with Crippen molar-refractivity contribution in [3.63, 3.8) is 0 Å². The smallest absolute Gasteiger partial charge is 0.216 e. The Bertz CT molecular complexity index is 301. The summed E-state index contributed by atoms with van der Waals surface area (Å²) in [6.45, 7) is 0. The zero-order valence-corrected chi connectivity index (χ0v) is 14.4. The van der Waals surface area contributed by atoms with Crippen molar-refractivity contribution < 1.29 is 20.4 Å². The van der Waals surface area contributed by atoms with Crippen molar-refractivity contribution in [3.05, 3.63) is 0 Å². The maximum Gasteiger partial charge on any atom is 0.216 e. The summed E-state index contributed by atoms with van der Waals surface area (Å²) in [6, 6.07) is 0. The number of rotatable bonds is 1. The highest BCUT2D eigenvalue weighted by atomic mass is 32.2. The lowest BCUT2D eigenvalue weighted by atomic mass is 9.77. The molecule has 130 valence electrons. The first kappa shape index (κ1) is 18.5. The molecule has 0 spiro atoms. The van der Waals surface area contributed by atoms with Crippen molar-refractivity contribution in [2.45, 2.75) is 88.0 Å². The molecule has 0 aromatic rings. The second kappa shape index (κ2) is 8.34. The van der Waals surface area contributed by atoms with Crippen LogP contribution in [0.15, 0.2) is 0 Å². The molecule has 2 unspecified atom stereocenters. The lowest BCUT2D eigenvalue weighted by Gasteiger charge is -2.42. The van der Waals surface area contributed by atoms with Crippen LogP contribution in [0.2, 0.25) is 0 Å². The maximum atomic E-state index is 10.6. The van der Waals surface area contributed by atoms with E-state index in [2.05, 4.69) is 0 Å². The van der Waals surface area contributed by atoms with E-state index < -0.39 is 22.7 Å². The van der Waals surface area contributed by atoms with Gasteiger partial charge in [-0.2, -0.15) is 0 Å². The van der Waals surface area contributed by atoms with Crippen LogP contribution < -0.4 is 0 Å². The molecule has 0 aromatic heterocycles. The molecule has 1 saturated heterocycles. The molecule has 4 N–H and O–H groups in total. The van der Waals surface area contributed by atoms with Gasteiger partial charge in [0.25, 0.3) is 0 Å². The summed E-state index contributed by atoms with van der Waals surface area (Å²) in [4.78, 5) is 0. The lowest BCUT2D eigenvalue weighted by Crippen LogP contribution is -2.49. The van der Waals surface area contributed by atoms with Crippen LogP contribution in [0.3, 0.4) is 0 Å². The number of hydrogen-bond acceptors (Lipinski definition) is 5. The van der Waals surface area contributed by atoms with Gasteiger partial charge in [0.1, 0.15) is 0 Å². The first-order chi connectivity index (χ1) is 10.4. The second-order valence-electron chi connectivity index (χ2n) is 7.11. The summed E-state index contributed by atoms with van der Waals surface area (Å²) in [6.07, 6.45) is 10.8. The van der Waals surface area contributed by atoms with Gasteiger partial charge in [0.05, 0.1) is 0 Å². The molecular formula is C17H32O4S. The van der Waals surface area contributed by atoms with Crippen molar-refractivity contribution in [1.82, 2.24) is 0 Å². The van der Waals surface area contributed by atoms with E-state index >= 15 is 0 Å². The maximum absolute atomic E-state index is 10.6. The first-order valence-corrected chi connectivity index (χ1v) is 9.95. The topological polar surface area (TPSA) is 80.9 Å². The Morgan fingerprint density at radius 3 is 1.91 bits per heavy atom. The van der Waals surface area contributed by atoms with Gasteiger partial charge in [-0.25, -0.2) is 0 Å². The van der Waals surface area contributed by atoms with Crippen LogP contribution in [0, 0.1) is 11.8 Å². The normalized spacial score (nSPS) is 34.4. The summed E-state index contributed by atoms with van der Waals surface area (Å²) in [5.74, 6) is -1.98. The largest absolute Gasteiger partial charge is 0.365 e. The zero-order valence-electron chi connectivity index (χ0n) is 13.5. The van der Waals surface area contributed by atoms with Crippen LogP contribution in [0.1, 0.15) is 77.0 Å². The van der Waals surface area contributed by atoms with Gasteiger partial charge in [0.2, 0.25) is 5.12 Å². The van der Waals surface area contributed by atoms with E-state index in [1.807, 2.05) is 0 Å². The molecule has 4 nitrogen and oxygen atoms in total. The van der Waals surface area contributed by atoms with Crippen LogP contribution in [0.5, 0.6) is 0 Å². The third-order valence-electron chi connectivity index (χ3n) is 5.35. The fourth-order valence-electron chi connectivity index (χ4n) is 4.02. The fraction of sp³-hybridized carbons (Fsp3) is 1.00. The quantitative estimate of drug-likeness (QED) is 0.555. The van der Waals surface area contributed by atoms with Crippen LogP contribution in [-0.2, 0) is 0 Å². The number of aliphatic hydroxyl groups is 4. The predicted octanol–water partition coefficient (Wildman–Crippen LogP) is 2.98. The van der Waals surface area contributed by atoms with Gasteiger partial charge in [-0.3, -0.25) is 0 Å². The van der Waals surface area contributed by atoms with E-state index in [0.717, 1.165) is 63.5 Å². The van der Waals surface area contributed by atoms with Crippen LogP contribution >= 0.6 is 11.8 Å². The Morgan fingerprint density at radius 2 is 1.18 bits per heavy atom. The SMILES string of the molecule is OC1(O)CCCCCCCC1C1CCCCCCSC1(O)O. The minimum Gasteiger partial charge on any atom is -0.365 e. The number of thioether (sulfide) groups is 1. The Hall–Kier alpha value is 0.190. The van der Waals surface area contributed by atoms with E-state index in [-0.39, 0.29) is 0 Å². The Morgan fingerprint density at radius 1 is 0.636 bits per heavy atom. The minimum absolute atomic E-state index is 0.342. The zero-order chi connectivity index (χ0) is 16.1. The molecule has 5 heteroatoms. The molecule has 1 aliphatic heterocycles. The lowest BCUT2D eigenvalue weighted by molar-refractivity contribution is -0.249. The van der Waals surface area contributed by atoms with E-state index in [4.69, 9.17) is 0 Å². The van der Waals surface area contributed by atoms with E-state index in [1.165, 1.54) is 11.8 Å². The Labute approximate surface area is 138 Å². The van der Waals surface area contributed by atoms with Gasteiger partial charge in [0, 0.05) is 18.3 Å². The summed E-state index contributed by atoms with van der Waals surface area (Å²) in [7, 11) is 0. The van der Waals surface area contributed by atoms with Crippen LogP contribution in [-0.4, -0.2) is 37.1 Å². The second-order valence-corrected chi connectivity index (χ2v) is 8.41. The summed E-state index contributed by atoms with van der Waals surface area (Å²) in [5.41, 5.74) is 0. The molecule has 1 saturated carbocycles.